The lowest BCUT2D eigenvalue weighted by Gasteiger charge is -2.31. The second kappa shape index (κ2) is 10.3. The van der Waals surface area contributed by atoms with E-state index in [1.165, 1.54) is 32.5 Å². The minimum atomic E-state index is -1.01. The van der Waals surface area contributed by atoms with E-state index in [0.29, 0.717) is 5.02 Å². The highest BCUT2D eigenvalue weighted by molar-refractivity contribution is 7.99. The first-order valence-corrected chi connectivity index (χ1v) is 10.7. The number of esters is 3. The van der Waals surface area contributed by atoms with Crippen molar-refractivity contribution in [3.05, 3.63) is 34.3 Å². The van der Waals surface area contributed by atoms with Crippen molar-refractivity contribution in [1.29, 1.82) is 0 Å². The van der Waals surface area contributed by atoms with Gasteiger partial charge in [0.05, 0.1) is 6.10 Å². The van der Waals surface area contributed by atoms with Gasteiger partial charge < -0.3 is 18.9 Å². The van der Waals surface area contributed by atoms with Crippen LogP contribution in [0.5, 0.6) is 0 Å². The van der Waals surface area contributed by atoms with E-state index in [4.69, 9.17) is 30.5 Å². The monoisotopic (exact) mass is 444 g/mol. The van der Waals surface area contributed by atoms with E-state index in [2.05, 4.69) is 0 Å². The summed E-state index contributed by atoms with van der Waals surface area (Å²) in [6.07, 6.45) is -1.37. The molecule has 1 aliphatic rings. The van der Waals surface area contributed by atoms with Crippen molar-refractivity contribution in [1.82, 2.24) is 0 Å². The highest BCUT2D eigenvalue weighted by Crippen LogP contribution is 2.38. The third kappa shape index (κ3) is 6.35. The number of carbonyl (C=O) groups is 3. The van der Waals surface area contributed by atoms with E-state index in [-0.39, 0.29) is 6.42 Å². The molecule has 0 aliphatic carbocycles. The van der Waals surface area contributed by atoms with Gasteiger partial charge in [-0.1, -0.05) is 23.7 Å². The molecule has 0 saturated carbocycles. The number of thioether (sulfide) groups is 1. The van der Waals surface area contributed by atoms with E-state index in [1.54, 1.807) is 12.3 Å². The maximum absolute atomic E-state index is 11.7. The number of hydrogen-bond acceptors (Lipinski definition) is 8. The summed E-state index contributed by atoms with van der Waals surface area (Å²) in [5.74, 6) is -1.69. The van der Waals surface area contributed by atoms with E-state index in [0.717, 1.165) is 11.1 Å². The molecule has 1 saturated heterocycles. The molecule has 5 atom stereocenters. The zero-order chi connectivity index (χ0) is 21.7. The van der Waals surface area contributed by atoms with Crippen LogP contribution >= 0.6 is 23.4 Å². The fraction of sp³-hybridized carbons (Fsp3) is 0.550. The van der Waals surface area contributed by atoms with Crippen LogP contribution in [0.15, 0.2) is 18.2 Å². The molecule has 0 aromatic heterocycles. The summed E-state index contributed by atoms with van der Waals surface area (Å²) in [5, 5.41) is 0.577. The second-order valence-corrected chi connectivity index (χ2v) is 8.11. The lowest BCUT2D eigenvalue weighted by atomic mass is 9.98. The number of hydrogen-bond donors (Lipinski definition) is 0. The van der Waals surface area contributed by atoms with Crippen molar-refractivity contribution in [3.63, 3.8) is 0 Å². The predicted octanol–water partition coefficient (Wildman–Crippen LogP) is 3.59. The summed E-state index contributed by atoms with van der Waals surface area (Å²) in [6, 6.07) is 5.53. The van der Waals surface area contributed by atoms with E-state index in [1.807, 2.05) is 19.1 Å². The summed E-state index contributed by atoms with van der Waals surface area (Å²) >= 11 is 7.58. The third-order valence-corrected chi connectivity index (χ3v) is 5.68. The molecule has 0 unspecified atom stereocenters. The van der Waals surface area contributed by atoms with Crippen molar-refractivity contribution in [2.24, 2.45) is 0 Å². The number of aryl methyl sites for hydroxylation is 1. The van der Waals surface area contributed by atoms with Gasteiger partial charge >= 0.3 is 17.9 Å². The van der Waals surface area contributed by atoms with Crippen LogP contribution in [0.2, 0.25) is 5.02 Å². The Morgan fingerprint density at radius 3 is 2.14 bits per heavy atom. The first-order valence-electron chi connectivity index (χ1n) is 9.08. The van der Waals surface area contributed by atoms with Gasteiger partial charge in [-0.2, -0.15) is 0 Å². The maximum Gasteiger partial charge on any atom is 0.303 e. The molecule has 7 nitrogen and oxygen atoms in total. The van der Waals surface area contributed by atoms with Crippen molar-refractivity contribution in [2.45, 2.75) is 64.0 Å². The molecule has 0 bridgehead atoms. The van der Waals surface area contributed by atoms with Gasteiger partial charge in [0.25, 0.3) is 0 Å². The molecule has 160 valence electrons. The van der Waals surface area contributed by atoms with Gasteiger partial charge in [-0.25, -0.2) is 0 Å². The van der Waals surface area contributed by atoms with Crippen LogP contribution < -0.4 is 0 Å². The Morgan fingerprint density at radius 2 is 1.62 bits per heavy atom. The number of benzene rings is 1. The van der Waals surface area contributed by atoms with E-state index >= 15 is 0 Å². The summed E-state index contributed by atoms with van der Waals surface area (Å²) in [7, 11) is 0. The molecule has 1 heterocycles. The summed E-state index contributed by atoms with van der Waals surface area (Å²) in [4.78, 5) is 35.2. The normalized spacial score (nSPS) is 26.9. The Balaban J connectivity index is 2.50. The molecule has 0 N–H and O–H groups in total. The van der Waals surface area contributed by atoms with Gasteiger partial charge in [0.15, 0.2) is 12.2 Å². The SMILES string of the molecule is CS[C@H]1O[C@H](c2ccc(C)c(Cl)c2)C[C@H](OC(C)=O)[C@@H](OC(C)=O)[C@@H]1OC(C)=O. The van der Waals surface area contributed by atoms with Gasteiger partial charge in [0, 0.05) is 32.2 Å². The first kappa shape index (κ1) is 23.5. The molecule has 29 heavy (non-hydrogen) atoms. The smallest absolute Gasteiger partial charge is 0.303 e. The zero-order valence-electron chi connectivity index (χ0n) is 17.0. The third-order valence-electron chi connectivity index (χ3n) is 4.42. The van der Waals surface area contributed by atoms with Crippen LogP contribution in [0, 0.1) is 6.92 Å². The van der Waals surface area contributed by atoms with Crippen molar-refractivity contribution in [2.75, 3.05) is 6.26 Å². The topological polar surface area (TPSA) is 88.1 Å². The quantitative estimate of drug-likeness (QED) is 0.502. The van der Waals surface area contributed by atoms with Crippen LogP contribution in [0.3, 0.4) is 0 Å². The first-order chi connectivity index (χ1) is 13.6. The van der Waals surface area contributed by atoms with Crippen LogP contribution in [-0.4, -0.2) is 47.9 Å². The molecule has 1 aromatic carbocycles. The lowest BCUT2D eigenvalue weighted by molar-refractivity contribution is -0.184. The number of carbonyl (C=O) groups excluding carboxylic acids is 3. The van der Waals surface area contributed by atoms with Crippen LogP contribution in [-0.2, 0) is 33.3 Å². The molecule has 1 aliphatic heterocycles. The van der Waals surface area contributed by atoms with E-state index in [9.17, 15) is 14.4 Å². The zero-order valence-corrected chi connectivity index (χ0v) is 18.5. The molecule has 0 radical (unpaired) electrons. The minimum absolute atomic E-state index is 0.200. The predicted molar refractivity (Wildman–Crippen MR) is 109 cm³/mol. The van der Waals surface area contributed by atoms with Gasteiger partial charge in [-0.05, 0) is 30.4 Å². The molecule has 1 fully saturated rings. The number of halogens is 1. The van der Waals surface area contributed by atoms with Crippen LogP contribution in [0.4, 0.5) is 0 Å². The lowest BCUT2D eigenvalue weighted by Crippen LogP contribution is -2.48. The summed E-state index contributed by atoms with van der Waals surface area (Å²) in [5.41, 5.74) is 1.04. The fourth-order valence-electron chi connectivity index (χ4n) is 3.20. The van der Waals surface area contributed by atoms with E-state index < -0.39 is 47.8 Å². The average molecular weight is 445 g/mol. The summed E-state index contributed by atoms with van der Waals surface area (Å²) < 4.78 is 22.6. The molecule has 0 amide bonds. The van der Waals surface area contributed by atoms with Crippen LogP contribution in [0.1, 0.15) is 44.4 Å². The minimum Gasteiger partial charge on any atom is -0.458 e. The molecule has 9 heteroatoms. The van der Waals surface area contributed by atoms with Crippen LogP contribution in [0.25, 0.3) is 0 Å². The highest BCUT2D eigenvalue weighted by Gasteiger charge is 2.47. The fourth-order valence-corrected chi connectivity index (χ4v) is 4.11. The second-order valence-electron chi connectivity index (χ2n) is 6.77. The van der Waals surface area contributed by atoms with Crippen molar-refractivity contribution >= 4 is 41.3 Å². The maximum atomic E-state index is 11.7. The molecular formula is C20H25ClO7S. The average Bonchev–Trinajstić information content (AvgIpc) is 2.74. The molecular weight excluding hydrogens is 420 g/mol. The summed E-state index contributed by atoms with van der Waals surface area (Å²) in [6.45, 7) is 5.65. The van der Waals surface area contributed by atoms with Gasteiger partial charge in [0.1, 0.15) is 11.5 Å². The Morgan fingerprint density at radius 1 is 1.03 bits per heavy atom. The number of ether oxygens (including phenoxy) is 4. The Labute approximate surface area is 179 Å². The Hall–Kier alpha value is -1.77. The standard InChI is InChI=1S/C20H25ClO7S/c1-10-6-7-14(8-15(10)21)16-9-17(25-11(2)22)18(26-12(3)23)19(27-13(4)24)20(28-16)29-5/h6-8,16-20H,9H2,1-5H3/t16-,17-,18+,19-,20+/m0/s1. The Kier molecular flexibility index (Phi) is 8.36. The largest absolute Gasteiger partial charge is 0.458 e. The number of rotatable bonds is 5. The van der Waals surface area contributed by atoms with Gasteiger partial charge in [-0.3, -0.25) is 14.4 Å². The van der Waals surface area contributed by atoms with Crippen molar-refractivity contribution < 1.29 is 33.3 Å². The van der Waals surface area contributed by atoms with Gasteiger partial charge in [0.2, 0.25) is 0 Å². The molecule has 0 spiro atoms. The molecule has 2 rings (SSSR count). The van der Waals surface area contributed by atoms with Crippen molar-refractivity contribution in [3.8, 4) is 0 Å². The molecule has 1 aromatic rings. The Bertz CT molecular complexity index is 769. The van der Waals surface area contributed by atoms with Gasteiger partial charge in [-0.15, -0.1) is 11.8 Å². The highest BCUT2D eigenvalue weighted by atomic mass is 35.5.